The van der Waals surface area contributed by atoms with Gasteiger partial charge in [-0.3, -0.25) is 4.79 Å². The molecule has 1 aromatic rings. The Kier molecular flexibility index (Phi) is 2.86. The number of piperazine rings is 1. The largest absolute Gasteiger partial charge is 0.477 e. The maximum atomic E-state index is 11.9. The van der Waals surface area contributed by atoms with Crippen molar-refractivity contribution in [2.24, 2.45) is 0 Å². The van der Waals surface area contributed by atoms with Crippen LogP contribution in [0.3, 0.4) is 0 Å². The minimum atomic E-state index is -1.17. The van der Waals surface area contributed by atoms with E-state index in [4.69, 9.17) is 5.11 Å². The van der Waals surface area contributed by atoms with Gasteiger partial charge in [0.25, 0.3) is 5.91 Å². The van der Waals surface area contributed by atoms with Gasteiger partial charge in [0.15, 0.2) is 11.4 Å². The molecule has 1 amide bonds. The summed E-state index contributed by atoms with van der Waals surface area (Å²) >= 11 is 0. The summed E-state index contributed by atoms with van der Waals surface area (Å²) in [5.74, 6) is -1.50. The Morgan fingerprint density at radius 3 is 2.69 bits per heavy atom. The molecule has 1 aliphatic heterocycles. The summed E-state index contributed by atoms with van der Waals surface area (Å²) in [6.07, 6.45) is 1.22. The van der Waals surface area contributed by atoms with E-state index in [-0.39, 0.29) is 17.3 Å². The van der Waals surface area contributed by atoms with Crippen molar-refractivity contribution < 1.29 is 14.7 Å². The number of carboxylic acid groups (broad SMARTS) is 1. The molecule has 1 aromatic heterocycles. The van der Waals surface area contributed by atoms with Crippen molar-refractivity contribution in [2.75, 3.05) is 26.2 Å². The molecule has 7 heteroatoms. The van der Waals surface area contributed by atoms with Crippen LogP contribution in [0.2, 0.25) is 0 Å². The Morgan fingerprint density at radius 1 is 1.38 bits per heavy atom. The summed E-state index contributed by atoms with van der Waals surface area (Å²) < 4.78 is 0. The number of imidazole rings is 1. The molecule has 86 valence electrons. The summed E-state index contributed by atoms with van der Waals surface area (Å²) in [4.78, 5) is 30.6. The van der Waals surface area contributed by atoms with E-state index in [1.54, 1.807) is 4.90 Å². The number of nitrogens with one attached hydrogen (secondary N) is 2. The zero-order valence-corrected chi connectivity index (χ0v) is 8.56. The van der Waals surface area contributed by atoms with Crippen LogP contribution in [-0.2, 0) is 0 Å². The van der Waals surface area contributed by atoms with Gasteiger partial charge >= 0.3 is 5.97 Å². The van der Waals surface area contributed by atoms with E-state index >= 15 is 0 Å². The summed E-state index contributed by atoms with van der Waals surface area (Å²) in [5, 5.41) is 12.0. The normalized spacial score (nSPS) is 16.1. The number of aromatic carboxylic acids is 1. The predicted octanol–water partition coefficient (Wildman–Crippen LogP) is -0.847. The number of hydrogen-bond donors (Lipinski definition) is 3. The Morgan fingerprint density at radius 2 is 2.06 bits per heavy atom. The van der Waals surface area contributed by atoms with Crippen molar-refractivity contribution >= 4 is 11.9 Å². The highest BCUT2D eigenvalue weighted by Crippen LogP contribution is 2.07. The van der Waals surface area contributed by atoms with E-state index in [1.807, 2.05) is 0 Å². The van der Waals surface area contributed by atoms with Crippen LogP contribution < -0.4 is 5.32 Å². The third-order valence-corrected chi connectivity index (χ3v) is 2.46. The van der Waals surface area contributed by atoms with E-state index in [9.17, 15) is 9.59 Å². The lowest BCUT2D eigenvalue weighted by molar-refractivity contribution is 0.0663. The van der Waals surface area contributed by atoms with Crippen LogP contribution in [0.5, 0.6) is 0 Å². The smallest absolute Gasteiger partial charge is 0.354 e. The van der Waals surface area contributed by atoms with Gasteiger partial charge in [0.1, 0.15) is 0 Å². The fourth-order valence-electron chi connectivity index (χ4n) is 1.64. The number of hydrogen-bond acceptors (Lipinski definition) is 4. The number of nitrogens with zero attached hydrogens (tertiary/aromatic N) is 2. The molecule has 7 nitrogen and oxygen atoms in total. The van der Waals surface area contributed by atoms with Crippen LogP contribution in [0.4, 0.5) is 0 Å². The number of carbonyl (C=O) groups excluding carboxylic acids is 1. The first-order chi connectivity index (χ1) is 7.70. The van der Waals surface area contributed by atoms with Gasteiger partial charge in [0.05, 0.1) is 6.33 Å². The van der Waals surface area contributed by atoms with Crippen molar-refractivity contribution in [1.82, 2.24) is 20.2 Å². The molecule has 16 heavy (non-hydrogen) atoms. The van der Waals surface area contributed by atoms with Gasteiger partial charge in [-0.1, -0.05) is 0 Å². The maximum absolute atomic E-state index is 11.9. The molecule has 1 saturated heterocycles. The van der Waals surface area contributed by atoms with E-state index in [0.717, 1.165) is 13.1 Å². The van der Waals surface area contributed by atoms with Crippen LogP contribution in [0.1, 0.15) is 21.0 Å². The summed E-state index contributed by atoms with van der Waals surface area (Å²) in [6.45, 7) is 2.59. The van der Waals surface area contributed by atoms with Crippen LogP contribution in [0.15, 0.2) is 6.33 Å². The number of carboxylic acids is 1. The highest BCUT2D eigenvalue weighted by atomic mass is 16.4. The van der Waals surface area contributed by atoms with Gasteiger partial charge < -0.3 is 20.3 Å². The zero-order chi connectivity index (χ0) is 11.5. The minimum absolute atomic E-state index is 0.0191. The molecular formula is C9H12N4O3. The number of rotatable bonds is 2. The number of amides is 1. The molecule has 2 heterocycles. The highest BCUT2D eigenvalue weighted by molar-refractivity contribution is 6.02. The molecule has 0 bridgehead atoms. The van der Waals surface area contributed by atoms with Gasteiger partial charge in [-0.25, -0.2) is 9.78 Å². The first-order valence-corrected chi connectivity index (χ1v) is 4.97. The SMILES string of the molecule is O=C(O)c1[nH]cnc1C(=O)N1CCNCC1. The van der Waals surface area contributed by atoms with E-state index in [2.05, 4.69) is 15.3 Å². The second-order valence-electron chi connectivity index (χ2n) is 3.47. The van der Waals surface area contributed by atoms with Crippen molar-refractivity contribution in [2.45, 2.75) is 0 Å². The van der Waals surface area contributed by atoms with Gasteiger partial charge in [-0.05, 0) is 0 Å². The summed E-state index contributed by atoms with van der Waals surface area (Å²) in [5.41, 5.74) is -0.169. The molecule has 0 saturated carbocycles. The predicted molar refractivity (Wildman–Crippen MR) is 54.3 cm³/mol. The number of H-pyrrole nitrogens is 1. The van der Waals surface area contributed by atoms with Crippen molar-refractivity contribution in [3.8, 4) is 0 Å². The van der Waals surface area contributed by atoms with Crippen molar-refractivity contribution in [3.05, 3.63) is 17.7 Å². The molecule has 3 N–H and O–H groups in total. The van der Waals surface area contributed by atoms with E-state index in [1.165, 1.54) is 6.33 Å². The van der Waals surface area contributed by atoms with Crippen molar-refractivity contribution in [1.29, 1.82) is 0 Å². The molecule has 1 fully saturated rings. The standard InChI is InChI=1S/C9H12N4O3/c14-8(13-3-1-10-2-4-13)6-7(9(15)16)12-5-11-6/h5,10H,1-4H2,(H,11,12)(H,15,16). The molecule has 2 rings (SSSR count). The molecule has 0 unspecified atom stereocenters. The fraction of sp³-hybridized carbons (Fsp3) is 0.444. The topological polar surface area (TPSA) is 98.3 Å². The number of aromatic nitrogens is 2. The lowest BCUT2D eigenvalue weighted by Crippen LogP contribution is -2.46. The van der Waals surface area contributed by atoms with E-state index < -0.39 is 5.97 Å². The second kappa shape index (κ2) is 4.31. The molecular weight excluding hydrogens is 212 g/mol. The van der Waals surface area contributed by atoms with Crippen LogP contribution in [-0.4, -0.2) is 58.0 Å². The van der Waals surface area contributed by atoms with Crippen LogP contribution in [0.25, 0.3) is 0 Å². The molecule has 0 aromatic carbocycles. The third kappa shape index (κ3) is 1.89. The lowest BCUT2D eigenvalue weighted by Gasteiger charge is -2.26. The highest BCUT2D eigenvalue weighted by Gasteiger charge is 2.25. The van der Waals surface area contributed by atoms with Gasteiger partial charge in [0.2, 0.25) is 0 Å². The van der Waals surface area contributed by atoms with Crippen molar-refractivity contribution in [3.63, 3.8) is 0 Å². The summed E-state index contributed by atoms with van der Waals surface area (Å²) in [7, 11) is 0. The molecule has 0 spiro atoms. The first kappa shape index (κ1) is 10.6. The minimum Gasteiger partial charge on any atom is -0.477 e. The fourth-order valence-corrected chi connectivity index (χ4v) is 1.64. The molecule has 1 aliphatic rings. The molecule has 0 radical (unpaired) electrons. The van der Waals surface area contributed by atoms with Gasteiger partial charge in [-0.15, -0.1) is 0 Å². The average Bonchev–Trinajstić information content (AvgIpc) is 2.78. The van der Waals surface area contributed by atoms with E-state index in [0.29, 0.717) is 13.1 Å². The Bertz CT molecular complexity index is 409. The molecule has 0 atom stereocenters. The lowest BCUT2D eigenvalue weighted by atomic mass is 10.2. The molecule has 0 aliphatic carbocycles. The van der Waals surface area contributed by atoms with Gasteiger partial charge in [0, 0.05) is 26.2 Å². The first-order valence-electron chi connectivity index (χ1n) is 4.97. The Balaban J connectivity index is 2.19. The maximum Gasteiger partial charge on any atom is 0.354 e. The second-order valence-corrected chi connectivity index (χ2v) is 3.47. The average molecular weight is 224 g/mol. The quantitative estimate of drug-likeness (QED) is 0.608. The van der Waals surface area contributed by atoms with Crippen LogP contribution in [0, 0.1) is 0 Å². The monoisotopic (exact) mass is 224 g/mol. The Hall–Kier alpha value is -1.89. The van der Waals surface area contributed by atoms with Gasteiger partial charge in [-0.2, -0.15) is 0 Å². The number of aromatic amines is 1. The third-order valence-electron chi connectivity index (χ3n) is 2.46. The van der Waals surface area contributed by atoms with Crippen LogP contribution >= 0.6 is 0 Å². The zero-order valence-electron chi connectivity index (χ0n) is 8.56. The Labute approximate surface area is 91.5 Å². The number of carbonyl (C=O) groups is 2. The summed E-state index contributed by atoms with van der Waals surface area (Å²) in [6, 6.07) is 0.